The summed E-state index contributed by atoms with van der Waals surface area (Å²) < 4.78 is 27.8. The third-order valence-corrected chi connectivity index (χ3v) is 3.75. The first-order valence-corrected chi connectivity index (χ1v) is 6.56. The van der Waals surface area contributed by atoms with Gasteiger partial charge in [-0.3, -0.25) is 0 Å². The molecular formula is C11H14O4S. The summed E-state index contributed by atoms with van der Waals surface area (Å²) in [5.41, 5.74) is 1.36. The van der Waals surface area contributed by atoms with Gasteiger partial charge >= 0.3 is 5.97 Å². The first kappa shape index (κ1) is 12.7. The number of rotatable bonds is 2. The van der Waals surface area contributed by atoms with E-state index in [1.165, 1.54) is 7.11 Å². The molecule has 1 aromatic rings. The number of hydrogen-bond acceptors (Lipinski definition) is 4. The minimum absolute atomic E-state index is 0.204. The molecule has 88 valence electrons. The number of carbonyl (C=O) groups excluding carboxylic acids is 1. The minimum atomic E-state index is -3.34. The molecule has 1 aromatic carbocycles. The molecule has 4 nitrogen and oxygen atoms in total. The highest BCUT2D eigenvalue weighted by Crippen LogP contribution is 2.23. The summed E-state index contributed by atoms with van der Waals surface area (Å²) >= 11 is 0. The second-order valence-electron chi connectivity index (χ2n) is 3.65. The van der Waals surface area contributed by atoms with Crippen molar-refractivity contribution in [2.75, 3.05) is 13.4 Å². The van der Waals surface area contributed by atoms with E-state index in [1.54, 1.807) is 26.0 Å². The highest BCUT2D eigenvalue weighted by atomic mass is 32.2. The quantitative estimate of drug-likeness (QED) is 0.737. The molecule has 1 rings (SSSR count). The van der Waals surface area contributed by atoms with Crippen molar-refractivity contribution in [3.05, 3.63) is 28.8 Å². The van der Waals surface area contributed by atoms with Crippen LogP contribution in [0.4, 0.5) is 0 Å². The van der Waals surface area contributed by atoms with Crippen molar-refractivity contribution in [2.45, 2.75) is 18.7 Å². The monoisotopic (exact) mass is 242 g/mol. The molecule has 0 aliphatic rings. The third-order valence-electron chi connectivity index (χ3n) is 2.38. The molecule has 0 aliphatic carbocycles. The van der Waals surface area contributed by atoms with Gasteiger partial charge in [-0.25, -0.2) is 13.2 Å². The van der Waals surface area contributed by atoms with E-state index in [4.69, 9.17) is 0 Å². The Bertz CT molecular complexity index is 529. The molecule has 0 spiro atoms. The van der Waals surface area contributed by atoms with Crippen molar-refractivity contribution < 1.29 is 17.9 Å². The van der Waals surface area contributed by atoms with Crippen molar-refractivity contribution in [3.8, 4) is 0 Å². The van der Waals surface area contributed by atoms with E-state index in [2.05, 4.69) is 4.74 Å². The van der Waals surface area contributed by atoms with E-state index in [9.17, 15) is 13.2 Å². The molecule has 0 N–H and O–H groups in total. The molecule has 16 heavy (non-hydrogen) atoms. The van der Waals surface area contributed by atoms with E-state index >= 15 is 0 Å². The molecule has 0 amide bonds. The van der Waals surface area contributed by atoms with Gasteiger partial charge in [0.05, 0.1) is 17.6 Å². The molecule has 0 aromatic heterocycles. The number of ether oxygens (including phenoxy) is 1. The first-order chi connectivity index (χ1) is 7.29. The Morgan fingerprint density at radius 2 is 1.81 bits per heavy atom. The van der Waals surface area contributed by atoms with Gasteiger partial charge in [0.2, 0.25) is 0 Å². The zero-order valence-electron chi connectivity index (χ0n) is 9.70. The normalized spacial score (nSPS) is 11.2. The van der Waals surface area contributed by atoms with Gasteiger partial charge in [0.1, 0.15) is 0 Å². The first-order valence-electron chi connectivity index (χ1n) is 4.67. The van der Waals surface area contributed by atoms with Gasteiger partial charge in [0, 0.05) is 6.26 Å². The Hall–Kier alpha value is -1.36. The zero-order chi connectivity index (χ0) is 12.5. The smallest absolute Gasteiger partial charge is 0.338 e. The van der Waals surface area contributed by atoms with Crippen molar-refractivity contribution in [3.63, 3.8) is 0 Å². The van der Waals surface area contributed by atoms with E-state index in [-0.39, 0.29) is 10.5 Å². The van der Waals surface area contributed by atoms with Crippen LogP contribution < -0.4 is 0 Å². The SMILES string of the molecule is COC(=O)c1ccc(C)c(S(C)(=O)=O)c1C. The fourth-order valence-corrected chi connectivity index (χ4v) is 3.05. The topological polar surface area (TPSA) is 60.4 Å². The standard InChI is InChI=1S/C11H14O4S/c1-7-5-6-9(11(12)15-3)8(2)10(7)16(4,13)14/h5-6H,1-4H3. The summed E-state index contributed by atoms with van der Waals surface area (Å²) in [6, 6.07) is 3.18. The zero-order valence-corrected chi connectivity index (χ0v) is 10.5. The highest BCUT2D eigenvalue weighted by Gasteiger charge is 2.19. The lowest BCUT2D eigenvalue weighted by Gasteiger charge is -2.11. The molecule has 5 heteroatoms. The predicted molar refractivity (Wildman–Crippen MR) is 60.4 cm³/mol. The lowest BCUT2D eigenvalue weighted by Crippen LogP contribution is -2.10. The molecule has 0 saturated heterocycles. The van der Waals surface area contributed by atoms with Crippen molar-refractivity contribution >= 4 is 15.8 Å². The van der Waals surface area contributed by atoms with Gasteiger partial charge in [0.15, 0.2) is 9.84 Å². The van der Waals surface area contributed by atoms with E-state index in [0.717, 1.165) is 6.26 Å². The Balaban J connectivity index is 3.58. The third kappa shape index (κ3) is 2.24. The second-order valence-corrected chi connectivity index (χ2v) is 5.60. The molecule has 0 atom stereocenters. The van der Waals surface area contributed by atoms with Crippen LogP contribution in [-0.4, -0.2) is 27.8 Å². The molecule has 0 fully saturated rings. The Morgan fingerprint density at radius 1 is 1.25 bits per heavy atom. The van der Waals surface area contributed by atoms with Gasteiger partial charge in [-0.15, -0.1) is 0 Å². The maximum atomic E-state index is 11.6. The van der Waals surface area contributed by atoms with Crippen LogP contribution in [0.5, 0.6) is 0 Å². The van der Waals surface area contributed by atoms with Crippen LogP contribution in [0.25, 0.3) is 0 Å². The van der Waals surface area contributed by atoms with Crippen LogP contribution in [0.15, 0.2) is 17.0 Å². The number of methoxy groups -OCH3 is 1. The summed E-state index contributed by atoms with van der Waals surface area (Å²) in [7, 11) is -2.07. The van der Waals surface area contributed by atoms with Crippen LogP contribution in [0.1, 0.15) is 21.5 Å². The van der Waals surface area contributed by atoms with Crippen LogP contribution in [-0.2, 0) is 14.6 Å². The predicted octanol–water partition coefficient (Wildman–Crippen LogP) is 1.49. The fraction of sp³-hybridized carbons (Fsp3) is 0.364. The van der Waals surface area contributed by atoms with Crippen molar-refractivity contribution in [1.82, 2.24) is 0 Å². The Morgan fingerprint density at radius 3 is 2.25 bits per heavy atom. The van der Waals surface area contributed by atoms with Crippen LogP contribution in [0, 0.1) is 13.8 Å². The number of sulfone groups is 1. The molecule has 0 heterocycles. The Labute approximate surface area is 95.2 Å². The van der Waals surface area contributed by atoms with Gasteiger partial charge in [-0.2, -0.15) is 0 Å². The van der Waals surface area contributed by atoms with Crippen LogP contribution in [0.3, 0.4) is 0 Å². The van der Waals surface area contributed by atoms with E-state index < -0.39 is 15.8 Å². The fourth-order valence-electron chi connectivity index (χ4n) is 1.73. The number of carbonyl (C=O) groups is 1. The van der Waals surface area contributed by atoms with Crippen molar-refractivity contribution in [2.24, 2.45) is 0 Å². The minimum Gasteiger partial charge on any atom is -0.465 e. The maximum absolute atomic E-state index is 11.6. The van der Waals surface area contributed by atoms with Crippen LogP contribution in [0.2, 0.25) is 0 Å². The number of esters is 1. The molecule has 0 aliphatic heterocycles. The summed E-state index contributed by atoms with van der Waals surface area (Å²) in [6.07, 6.45) is 1.13. The van der Waals surface area contributed by atoms with Gasteiger partial charge in [0.25, 0.3) is 0 Å². The largest absolute Gasteiger partial charge is 0.465 e. The number of aryl methyl sites for hydroxylation is 1. The molecule has 0 bridgehead atoms. The van der Waals surface area contributed by atoms with Crippen LogP contribution >= 0.6 is 0 Å². The lowest BCUT2D eigenvalue weighted by atomic mass is 10.1. The molecule has 0 radical (unpaired) electrons. The number of benzene rings is 1. The molecular weight excluding hydrogens is 228 g/mol. The van der Waals surface area contributed by atoms with Gasteiger partial charge in [-0.1, -0.05) is 6.07 Å². The lowest BCUT2D eigenvalue weighted by molar-refractivity contribution is 0.0599. The highest BCUT2D eigenvalue weighted by molar-refractivity contribution is 7.90. The summed E-state index contributed by atoms with van der Waals surface area (Å²) in [5, 5.41) is 0. The molecule has 0 saturated carbocycles. The average Bonchev–Trinajstić information content (AvgIpc) is 2.14. The van der Waals surface area contributed by atoms with Gasteiger partial charge < -0.3 is 4.74 Å². The summed E-state index contributed by atoms with van der Waals surface area (Å²) in [6.45, 7) is 3.31. The van der Waals surface area contributed by atoms with E-state index in [1.807, 2.05) is 0 Å². The van der Waals surface area contributed by atoms with Crippen molar-refractivity contribution in [1.29, 1.82) is 0 Å². The van der Waals surface area contributed by atoms with Gasteiger partial charge in [-0.05, 0) is 31.0 Å². The average molecular weight is 242 g/mol. The Kier molecular flexibility index (Phi) is 3.38. The summed E-state index contributed by atoms with van der Waals surface area (Å²) in [5.74, 6) is -0.526. The van der Waals surface area contributed by atoms with E-state index in [0.29, 0.717) is 11.1 Å². The number of hydrogen-bond donors (Lipinski definition) is 0. The maximum Gasteiger partial charge on any atom is 0.338 e. The second kappa shape index (κ2) is 4.25. The summed E-state index contributed by atoms with van der Waals surface area (Å²) in [4.78, 5) is 11.6. The molecule has 0 unspecified atom stereocenters.